The molecule has 69 heavy (non-hydrogen) atoms. The van der Waals surface area contributed by atoms with Gasteiger partial charge < -0.3 is 0 Å². The molecule has 4 heterocycles. The van der Waals surface area contributed by atoms with Gasteiger partial charge in [-0.2, -0.15) is 0 Å². The van der Waals surface area contributed by atoms with Crippen LogP contribution in [0.15, 0.2) is 164 Å². The summed E-state index contributed by atoms with van der Waals surface area (Å²) in [5.41, 5.74) is 15.6. The minimum atomic E-state index is -4.13. The molecule has 0 radical (unpaired) electrons. The average molecular weight is 963 g/mol. The standard InChI is InChI=1S/C64H63GeN3O/c1-61(2,3)40-26-30-45(31-27-40)66-52-34-42(63(7,8)9)36-56-59(52)65(44-20-14-13-15-21-44)58-54(66)38-47(68-50-24-18-16-22-48(50)49-23-17-19-25-51(49)68)39-55(58)67(46-32-28-41(29-33-46)62(4,5)6)53-35-43(64(10,11)12)37-57(69-56)60(53)65/h13-39H,1-12H3. The van der Waals surface area contributed by atoms with Crippen LogP contribution in [0.25, 0.3) is 27.5 Å². The van der Waals surface area contributed by atoms with Crippen LogP contribution in [-0.4, -0.2) is 17.8 Å². The summed E-state index contributed by atoms with van der Waals surface area (Å²) in [6.45, 7) is 27.9. The van der Waals surface area contributed by atoms with E-state index in [0.717, 1.165) is 28.6 Å². The van der Waals surface area contributed by atoms with Crippen LogP contribution in [0.1, 0.15) is 105 Å². The molecule has 3 aliphatic heterocycles. The van der Waals surface area contributed by atoms with Crippen molar-refractivity contribution in [2.24, 2.45) is 0 Å². The van der Waals surface area contributed by atoms with Crippen LogP contribution in [-0.2, 0) is 21.7 Å². The molecule has 0 bridgehead atoms. The number of rotatable bonds is 4. The van der Waals surface area contributed by atoms with Gasteiger partial charge in [0.1, 0.15) is 0 Å². The van der Waals surface area contributed by atoms with Crippen LogP contribution in [0.2, 0.25) is 0 Å². The molecule has 5 heteroatoms. The van der Waals surface area contributed by atoms with Crippen LogP contribution >= 0.6 is 0 Å². The van der Waals surface area contributed by atoms with Crippen LogP contribution in [0.3, 0.4) is 0 Å². The molecule has 0 fully saturated rings. The van der Waals surface area contributed by atoms with Gasteiger partial charge in [0.05, 0.1) is 0 Å². The zero-order chi connectivity index (χ0) is 48.2. The number of hydrogen-bond donors (Lipinski definition) is 0. The third-order valence-corrected chi connectivity index (χ3v) is 25.7. The number of aromatic nitrogens is 1. The van der Waals surface area contributed by atoms with Gasteiger partial charge in [0, 0.05) is 0 Å². The number of fused-ring (bicyclic) bond motifs is 3. The Kier molecular flexibility index (Phi) is 9.36. The summed E-state index contributed by atoms with van der Waals surface area (Å²) in [6.07, 6.45) is 0. The second-order valence-corrected chi connectivity index (χ2v) is 31.5. The van der Waals surface area contributed by atoms with Gasteiger partial charge in [-0.1, -0.05) is 0 Å². The van der Waals surface area contributed by atoms with E-state index in [2.05, 4.69) is 261 Å². The zero-order valence-corrected chi connectivity index (χ0v) is 44.4. The molecule has 0 spiro atoms. The van der Waals surface area contributed by atoms with Gasteiger partial charge in [0.2, 0.25) is 0 Å². The average Bonchev–Trinajstić information content (AvgIpc) is 3.65. The van der Waals surface area contributed by atoms with Gasteiger partial charge in [-0.25, -0.2) is 0 Å². The van der Waals surface area contributed by atoms with Crippen LogP contribution < -0.4 is 32.1 Å². The fourth-order valence-corrected chi connectivity index (χ4v) is 23.3. The first-order chi connectivity index (χ1) is 32.7. The van der Waals surface area contributed by atoms with Crippen LogP contribution in [0.4, 0.5) is 34.1 Å². The monoisotopic (exact) mass is 963 g/mol. The SMILES string of the molecule is CC(C)(C)c1ccc(N2c3cc(C(C)(C)C)cc4[c]3[Ge]3([c]5ccccc5)[c]5c(cc(C(C)(C)C)cc5N(c5ccc(C(C)(C)C)cc5)c5cc(-n6c7ccccc7c7ccccc76)cc2[c]53)O4)cc1. The van der Waals surface area contributed by atoms with E-state index in [-0.39, 0.29) is 21.7 Å². The summed E-state index contributed by atoms with van der Waals surface area (Å²) in [6, 6.07) is 63.3. The maximum atomic E-state index is 7.63. The number of anilines is 6. The normalized spacial score (nSPS) is 14.8. The molecule has 4 nitrogen and oxygen atoms in total. The van der Waals surface area contributed by atoms with E-state index < -0.39 is 13.3 Å². The number of para-hydroxylation sites is 2. The van der Waals surface area contributed by atoms with E-state index in [1.165, 1.54) is 84.4 Å². The molecule has 9 aromatic rings. The molecule has 3 aliphatic rings. The second-order valence-electron chi connectivity index (χ2n) is 23.9. The summed E-state index contributed by atoms with van der Waals surface area (Å²) >= 11 is -4.13. The Bertz CT molecular complexity index is 3350. The number of hydrogen-bond acceptors (Lipinski definition) is 3. The van der Waals surface area contributed by atoms with Crippen molar-refractivity contribution in [3.8, 4) is 17.2 Å². The van der Waals surface area contributed by atoms with Crippen molar-refractivity contribution in [1.82, 2.24) is 4.57 Å². The minimum absolute atomic E-state index is 0.00204. The first-order valence-corrected chi connectivity index (χ1v) is 29.0. The predicted molar refractivity (Wildman–Crippen MR) is 296 cm³/mol. The van der Waals surface area contributed by atoms with Gasteiger partial charge >= 0.3 is 414 Å². The number of benzene rings is 8. The number of ether oxygens (including phenoxy) is 1. The summed E-state index contributed by atoms with van der Waals surface area (Å²) in [5, 5.41) is 2.50. The Balaban J connectivity index is 1.32. The van der Waals surface area contributed by atoms with Crippen LogP contribution in [0, 0.1) is 0 Å². The van der Waals surface area contributed by atoms with Crippen molar-refractivity contribution in [3.63, 3.8) is 0 Å². The predicted octanol–water partition coefficient (Wildman–Crippen LogP) is 15.0. The molecule has 1 aromatic heterocycles. The van der Waals surface area contributed by atoms with Crippen molar-refractivity contribution in [2.45, 2.75) is 105 Å². The zero-order valence-electron chi connectivity index (χ0n) is 42.3. The second kappa shape index (κ2) is 14.8. The van der Waals surface area contributed by atoms with Crippen molar-refractivity contribution < 1.29 is 4.74 Å². The van der Waals surface area contributed by atoms with Crippen molar-refractivity contribution in [1.29, 1.82) is 0 Å². The van der Waals surface area contributed by atoms with Crippen molar-refractivity contribution >= 4 is 86.8 Å². The molecule has 8 aromatic carbocycles. The molecular weight excluding hydrogens is 899 g/mol. The first-order valence-electron chi connectivity index (χ1n) is 24.8. The molecule has 0 unspecified atom stereocenters. The van der Waals surface area contributed by atoms with E-state index in [1.807, 2.05) is 0 Å². The van der Waals surface area contributed by atoms with Gasteiger partial charge in [0.25, 0.3) is 0 Å². The fraction of sp³-hybridized carbons (Fsp3) is 0.250. The Labute approximate surface area is 411 Å². The fourth-order valence-electron chi connectivity index (χ4n) is 11.7. The van der Waals surface area contributed by atoms with Crippen molar-refractivity contribution in [2.75, 3.05) is 9.80 Å². The van der Waals surface area contributed by atoms with Gasteiger partial charge in [-0.15, -0.1) is 0 Å². The summed E-state index contributed by atoms with van der Waals surface area (Å²) < 4.78 is 15.7. The molecule has 12 rings (SSSR count). The van der Waals surface area contributed by atoms with E-state index in [4.69, 9.17) is 4.74 Å². The Hall–Kier alpha value is -6.50. The first kappa shape index (κ1) is 43.8. The van der Waals surface area contributed by atoms with Gasteiger partial charge in [0.15, 0.2) is 0 Å². The van der Waals surface area contributed by atoms with E-state index in [9.17, 15) is 0 Å². The molecular formula is C64H63GeN3O. The Morgan fingerprint density at radius 3 is 1.13 bits per heavy atom. The molecule has 0 N–H and O–H groups in total. The Morgan fingerprint density at radius 1 is 0.348 bits per heavy atom. The molecule has 0 saturated heterocycles. The van der Waals surface area contributed by atoms with Crippen molar-refractivity contribution in [3.05, 3.63) is 186 Å². The molecule has 0 aliphatic carbocycles. The summed E-state index contributed by atoms with van der Waals surface area (Å²) in [5.74, 6) is 1.99. The molecule has 0 atom stereocenters. The molecule has 0 saturated carbocycles. The molecule has 344 valence electrons. The van der Waals surface area contributed by atoms with Gasteiger partial charge in [-0.3, -0.25) is 0 Å². The third-order valence-electron chi connectivity index (χ3n) is 15.3. The topological polar surface area (TPSA) is 20.6 Å². The van der Waals surface area contributed by atoms with Gasteiger partial charge in [-0.05, 0) is 0 Å². The summed E-state index contributed by atoms with van der Waals surface area (Å²) in [7, 11) is 0. The van der Waals surface area contributed by atoms with E-state index in [1.54, 1.807) is 0 Å². The number of nitrogens with zero attached hydrogens (tertiary/aromatic N) is 3. The van der Waals surface area contributed by atoms with E-state index in [0.29, 0.717) is 0 Å². The van der Waals surface area contributed by atoms with Crippen LogP contribution in [0.5, 0.6) is 11.5 Å². The Morgan fingerprint density at radius 2 is 0.725 bits per heavy atom. The quantitative estimate of drug-likeness (QED) is 0.164. The summed E-state index contributed by atoms with van der Waals surface area (Å²) in [4.78, 5) is 5.24. The third kappa shape index (κ3) is 6.47. The van der Waals surface area contributed by atoms with E-state index >= 15 is 0 Å². The molecule has 0 amide bonds. The maximum absolute atomic E-state index is 7.63.